The van der Waals surface area contributed by atoms with E-state index in [9.17, 15) is 4.79 Å². The van der Waals surface area contributed by atoms with Gasteiger partial charge in [-0.3, -0.25) is 0 Å². The van der Waals surface area contributed by atoms with Crippen LogP contribution >= 0.6 is 0 Å². The molecule has 0 unspecified atom stereocenters. The second kappa shape index (κ2) is 7.55. The van der Waals surface area contributed by atoms with Crippen LogP contribution in [0.2, 0.25) is 0 Å². The number of fused-ring (bicyclic) bond motifs is 1. The Morgan fingerprint density at radius 3 is 2.34 bits per heavy atom. The van der Waals surface area contributed by atoms with Gasteiger partial charge in [0.25, 0.3) is 0 Å². The largest absolute Gasteiger partial charge is 0.490 e. The van der Waals surface area contributed by atoms with Gasteiger partial charge in [-0.2, -0.15) is 0 Å². The van der Waals surface area contributed by atoms with E-state index in [2.05, 4.69) is 41.7 Å². The quantitative estimate of drug-likeness (QED) is 0.701. The Balaban J connectivity index is 1.25. The molecular weight excluding hydrogens is 362 g/mol. The summed E-state index contributed by atoms with van der Waals surface area (Å²) in [6, 6.07) is 12.7. The number of benzene rings is 2. The number of amides is 1. The van der Waals surface area contributed by atoms with Crippen LogP contribution in [0.15, 0.2) is 36.4 Å². The fourth-order valence-electron chi connectivity index (χ4n) is 5.60. The van der Waals surface area contributed by atoms with E-state index in [1.165, 1.54) is 56.8 Å². The van der Waals surface area contributed by atoms with Crippen LogP contribution in [0.5, 0.6) is 5.75 Å². The summed E-state index contributed by atoms with van der Waals surface area (Å²) in [6.45, 7) is 2.36. The lowest BCUT2D eigenvalue weighted by atomic mass is 9.78. The molecule has 4 nitrogen and oxygen atoms in total. The monoisotopic (exact) mass is 393 g/mol. The molecule has 2 aliphatic carbocycles. The molecule has 1 aliphatic heterocycles. The molecule has 1 amide bonds. The van der Waals surface area contributed by atoms with Crippen molar-refractivity contribution in [3.8, 4) is 5.75 Å². The van der Waals surface area contributed by atoms with Gasteiger partial charge in [0.2, 0.25) is 0 Å². The van der Waals surface area contributed by atoms with Crippen molar-refractivity contribution < 1.29 is 14.3 Å². The number of nitrogens with one attached hydrogen (secondary N) is 1. The first kappa shape index (κ1) is 18.8. The number of hydrogen-bond donors (Lipinski definition) is 1. The van der Waals surface area contributed by atoms with Crippen molar-refractivity contribution in [2.75, 3.05) is 6.61 Å². The Bertz CT molecular complexity index is 896. The van der Waals surface area contributed by atoms with Gasteiger partial charge in [0, 0.05) is 0 Å². The zero-order valence-electron chi connectivity index (χ0n) is 17.3. The first-order valence-corrected chi connectivity index (χ1v) is 11.2. The molecule has 29 heavy (non-hydrogen) atoms. The molecule has 5 rings (SSSR count). The molecule has 1 heterocycles. The van der Waals surface area contributed by atoms with Gasteiger partial charge in [-0.25, -0.2) is 4.79 Å². The Hall–Kier alpha value is -2.23. The highest BCUT2D eigenvalue weighted by Gasteiger charge is 2.36. The molecule has 0 aromatic heterocycles. The first-order chi connectivity index (χ1) is 14.1. The summed E-state index contributed by atoms with van der Waals surface area (Å²) in [5.74, 6) is 2.90. The normalized spacial score (nSPS) is 30.3. The molecular formula is C25H31NO3. The molecule has 3 fully saturated rings. The third-order valence-corrected chi connectivity index (χ3v) is 7.41. The van der Waals surface area contributed by atoms with Crippen molar-refractivity contribution in [2.45, 2.75) is 69.9 Å². The number of rotatable bonds is 4. The van der Waals surface area contributed by atoms with Crippen molar-refractivity contribution in [3.05, 3.63) is 42.0 Å². The molecule has 1 saturated heterocycles. The molecule has 2 aromatic rings. The highest BCUT2D eigenvalue weighted by molar-refractivity contribution is 5.85. The maximum absolute atomic E-state index is 11.5. The van der Waals surface area contributed by atoms with Gasteiger partial charge >= 0.3 is 6.09 Å². The number of carbonyl (C=O) groups is 1. The second-order valence-electron chi connectivity index (χ2n) is 9.46. The molecule has 0 spiro atoms. The van der Waals surface area contributed by atoms with Crippen LogP contribution in [0.3, 0.4) is 0 Å². The van der Waals surface area contributed by atoms with Gasteiger partial charge in [-0.05, 0) is 79.0 Å². The molecule has 2 saturated carbocycles. The van der Waals surface area contributed by atoms with E-state index in [4.69, 9.17) is 9.47 Å². The number of ether oxygens (including phenoxy) is 2. The van der Waals surface area contributed by atoms with Crippen LogP contribution < -0.4 is 10.1 Å². The van der Waals surface area contributed by atoms with Crippen molar-refractivity contribution in [1.29, 1.82) is 0 Å². The predicted molar refractivity (Wildman–Crippen MR) is 114 cm³/mol. The third kappa shape index (κ3) is 3.82. The minimum atomic E-state index is -0.460. The standard InChI is InChI=1S/C25H31NO3/c1-25(16-28-24(27)26-25)21-10-6-20-15-23(13-9-19(20)14-21)29-22-11-7-18(8-12-22)17-4-2-3-5-17/h6,9-10,13-15,17-18,22H,2-5,7-8,11-12,16H2,1H3,(H,26,27)/t18?,22?,25-/m0/s1. The molecule has 2 aromatic carbocycles. The Morgan fingerprint density at radius 1 is 0.931 bits per heavy atom. The van der Waals surface area contributed by atoms with Crippen LogP contribution in [-0.2, 0) is 10.3 Å². The zero-order chi connectivity index (χ0) is 19.8. The summed E-state index contributed by atoms with van der Waals surface area (Å²) in [5.41, 5.74) is 0.605. The highest BCUT2D eigenvalue weighted by Crippen LogP contribution is 2.40. The summed E-state index contributed by atoms with van der Waals surface area (Å²) in [4.78, 5) is 11.5. The summed E-state index contributed by atoms with van der Waals surface area (Å²) in [6.07, 6.45) is 10.9. The van der Waals surface area contributed by atoms with E-state index in [-0.39, 0.29) is 6.09 Å². The minimum Gasteiger partial charge on any atom is -0.490 e. The van der Waals surface area contributed by atoms with E-state index in [1.54, 1.807) is 0 Å². The van der Waals surface area contributed by atoms with Crippen LogP contribution in [0, 0.1) is 11.8 Å². The van der Waals surface area contributed by atoms with Crippen LogP contribution in [0.4, 0.5) is 4.79 Å². The van der Waals surface area contributed by atoms with E-state index in [1.807, 2.05) is 6.92 Å². The Labute approximate surface area is 173 Å². The number of hydrogen-bond acceptors (Lipinski definition) is 3. The van der Waals surface area contributed by atoms with Gasteiger partial charge < -0.3 is 14.8 Å². The Kier molecular flexibility index (Phi) is 4.89. The topological polar surface area (TPSA) is 47.6 Å². The van der Waals surface area contributed by atoms with E-state index < -0.39 is 5.54 Å². The molecule has 0 bridgehead atoms. The fraction of sp³-hybridized carbons (Fsp3) is 0.560. The maximum atomic E-state index is 11.5. The summed E-state index contributed by atoms with van der Waals surface area (Å²) in [5, 5.41) is 5.24. The molecule has 3 aliphatic rings. The average molecular weight is 394 g/mol. The van der Waals surface area contributed by atoms with Gasteiger partial charge in [0.1, 0.15) is 12.4 Å². The van der Waals surface area contributed by atoms with Gasteiger partial charge in [-0.1, -0.05) is 43.9 Å². The van der Waals surface area contributed by atoms with E-state index in [0.717, 1.165) is 28.5 Å². The number of alkyl carbamates (subject to hydrolysis) is 1. The molecule has 4 heteroatoms. The number of carbonyl (C=O) groups excluding carboxylic acids is 1. The van der Waals surface area contributed by atoms with Crippen LogP contribution in [0.25, 0.3) is 10.8 Å². The highest BCUT2D eigenvalue weighted by atomic mass is 16.6. The zero-order valence-corrected chi connectivity index (χ0v) is 17.3. The average Bonchev–Trinajstić information content (AvgIpc) is 3.39. The smallest absolute Gasteiger partial charge is 0.408 e. The molecule has 154 valence electrons. The van der Waals surface area contributed by atoms with Gasteiger partial charge in [0.05, 0.1) is 11.6 Å². The molecule has 0 radical (unpaired) electrons. The molecule has 1 N–H and O–H groups in total. The van der Waals surface area contributed by atoms with E-state index >= 15 is 0 Å². The SMILES string of the molecule is C[C@@]1(c2ccc3cc(OC4CCC(C5CCCC5)CC4)ccc3c2)COC(=O)N1. The van der Waals surface area contributed by atoms with Crippen molar-refractivity contribution in [1.82, 2.24) is 5.32 Å². The first-order valence-electron chi connectivity index (χ1n) is 11.2. The minimum absolute atomic E-state index is 0.348. The Morgan fingerprint density at radius 2 is 1.62 bits per heavy atom. The van der Waals surface area contributed by atoms with E-state index in [0.29, 0.717) is 12.7 Å². The predicted octanol–water partition coefficient (Wildman–Crippen LogP) is 5.92. The lowest BCUT2D eigenvalue weighted by Crippen LogP contribution is -2.37. The van der Waals surface area contributed by atoms with Crippen molar-refractivity contribution in [2.24, 2.45) is 11.8 Å². The summed E-state index contributed by atoms with van der Waals surface area (Å²) >= 11 is 0. The fourth-order valence-corrected chi connectivity index (χ4v) is 5.60. The summed E-state index contributed by atoms with van der Waals surface area (Å²) < 4.78 is 11.5. The van der Waals surface area contributed by atoms with Gasteiger partial charge in [0.15, 0.2) is 0 Å². The second-order valence-corrected chi connectivity index (χ2v) is 9.46. The maximum Gasteiger partial charge on any atom is 0.408 e. The summed E-state index contributed by atoms with van der Waals surface area (Å²) in [7, 11) is 0. The van der Waals surface area contributed by atoms with Crippen LogP contribution in [-0.4, -0.2) is 18.8 Å². The molecule has 1 atom stereocenters. The third-order valence-electron chi connectivity index (χ3n) is 7.41. The van der Waals surface area contributed by atoms with Crippen molar-refractivity contribution >= 4 is 16.9 Å². The van der Waals surface area contributed by atoms with Crippen molar-refractivity contribution in [3.63, 3.8) is 0 Å². The van der Waals surface area contributed by atoms with Crippen LogP contribution in [0.1, 0.15) is 63.9 Å². The lowest BCUT2D eigenvalue weighted by molar-refractivity contribution is 0.111. The lowest BCUT2D eigenvalue weighted by Gasteiger charge is -2.32. The number of cyclic esters (lactones) is 1. The van der Waals surface area contributed by atoms with Gasteiger partial charge in [-0.15, -0.1) is 0 Å².